The summed E-state index contributed by atoms with van der Waals surface area (Å²) in [5.74, 6) is -1.24. The van der Waals surface area contributed by atoms with E-state index in [0.29, 0.717) is 39.2 Å². The molecule has 1 saturated heterocycles. The third-order valence-corrected chi connectivity index (χ3v) is 7.37. The lowest BCUT2D eigenvalue weighted by Crippen LogP contribution is -2.38. The molecule has 0 aliphatic carbocycles. The first kappa shape index (κ1) is 22.2. The zero-order chi connectivity index (χ0) is 22.9. The van der Waals surface area contributed by atoms with E-state index in [1.807, 2.05) is 12.1 Å². The summed E-state index contributed by atoms with van der Waals surface area (Å²) in [6, 6.07) is 13.9. The monoisotopic (exact) mass is 472 g/mol. The highest BCUT2D eigenvalue weighted by atomic mass is 35.5. The molecule has 2 aromatic carbocycles. The molecule has 1 fully saturated rings. The Morgan fingerprint density at radius 3 is 2.69 bits per heavy atom. The Morgan fingerprint density at radius 2 is 1.97 bits per heavy atom. The minimum Gasteiger partial charge on any atom is -0.452 e. The fourth-order valence-electron chi connectivity index (χ4n) is 3.87. The number of ether oxygens (including phenoxy) is 1. The van der Waals surface area contributed by atoms with Crippen LogP contribution in [0.25, 0.3) is 22.2 Å². The molecule has 166 valence electrons. The summed E-state index contributed by atoms with van der Waals surface area (Å²) in [5, 5.41) is 3.78. The Kier molecular flexibility index (Phi) is 6.17. The number of hydrogen-bond donors (Lipinski definition) is 1. The van der Waals surface area contributed by atoms with Crippen molar-refractivity contribution < 1.29 is 22.7 Å². The first-order valence-electron chi connectivity index (χ1n) is 10.1. The number of carbonyl (C=O) groups is 2. The average molecular weight is 473 g/mol. The van der Waals surface area contributed by atoms with Crippen LogP contribution in [0.3, 0.4) is 0 Å². The molecule has 32 heavy (non-hydrogen) atoms. The van der Waals surface area contributed by atoms with Gasteiger partial charge in [-0.1, -0.05) is 41.9 Å². The van der Waals surface area contributed by atoms with Gasteiger partial charge in [0.1, 0.15) is 0 Å². The molecular formula is C23H21ClN2O5S. The number of esters is 1. The van der Waals surface area contributed by atoms with E-state index in [1.165, 1.54) is 0 Å². The number of rotatable bonds is 5. The summed E-state index contributed by atoms with van der Waals surface area (Å²) in [7, 11) is -3.12. The van der Waals surface area contributed by atoms with E-state index in [0.717, 1.165) is 5.56 Å². The number of sulfone groups is 1. The Morgan fingerprint density at radius 1 is 1.19 bits per heavy atom. The summed E-state index contributed by atoms with van der Waals surface area (Å²) in [5.41, 5.74) is 2.90. The van der Waals surface area contributed by atoms with E-state index >= 15 is 0 Å². The summed E-state index contributed by atoms with van der Waals surface area (Å²) in [4.78, 5) is 29.9. The van der Waals surface area contributed by atoms with Gasteiger partial charge in [-0.3, -0.25) is 4.79 Å². The highest BCUT2D eigenvalue weighted by Gasteiger charge is 2.29. The van der Waals surface area contributed by atoms with Crippen molar-refractivity contribution in [1.29, 1.82) is 0 Å². The number of halogens is 1. The van der Waals surface area contributed by atoms with Gasteiger partial charge in [0.15, 0.2) is 16.4 Å². The molecule has 1 aromatic heterocycles. The van der Waals surface area contributed by atoms with Crippen LogP contribution in [0.4, 0.5) is 0 Å². The topological polar surface area (TPSA) is 102 Å². The van der Waals surface area contributed by atoms with Crippen LogP contribution in [-0.2, 0) is 19.4 Å². The van der Waals surface area contributed by atoms with Gasteiger partial charge in [-0.05, 0) is 37.1 Å². The predicted molar refractivity (Wildman–Crippen MR) is 122 cm³/mol. The molecule has 0 spiro atoms. The minimum atomic E-state index is -3.12. The van der Waals surface area contributed by atoms with E-state index in [4.69, 9.17) is 21.3 Å². The number of hydrogen-bond acceptors (Lipinski definition) is 6. The van der Waals surface area contributed by atoms with Crippen molar-refractivity contribution >= 4 is 44.2 Å². The molecule has 1 aliphatic heterocycles. The smallest absolute Gasteiger partial charge is 0.339 e. The molecule has 9 heteroatoms. The molecule has 3 aromatic rings. The molecule has 1 N–H and O–H groups in total. The van der Waals surface area contributed by atoms with E-state index in [-0.39, 0.29) is 11.5 Å². The molecule has 1 atom stereocenters. The molecule has 4 rings (SSSR count). The summed E-state index contributed by atoms with van der Waals surface area (Å²) in [6.45, 7) is 1.27. The molecule has 1 amide bonds. The van der Waals surface area contributed by atoms with E-state index in [1.54, 1.807) is 43.3 Å². The van der Waals surface area contributed by atoms with Crippen molar-refractivity contribution in [3.8, 4) is 11.3 Å². The number of pyridine rings is 1. The number of fused-ring (bicyclic) bond motifs is 1. The SMILES string of the molecule is Cc1c(-c2cccc(Cl)c2)nc2ccccc2c1C(=O)OCC(=O)N[C@@H]1CCS(=O)(=O)C1. The standard InChI is InChI=1S/C23H21ClN2O5S/c1-14-21(23(28)31-12-20(27)25-17-9-10-32(29,30)13-17)18-7-2-3-8-19(18)26-22(14)15-5-4-6-16(24)11-15/h2-8,11,17H,9-10,12-13H2,1H3,(H,25,27)/t17-/m1/s1. The predicted octanol–water partition coefficient (Wildman–Crippen LogP) is 3.32. The van der Waals surface area contributed by atoms with E-state index < -0.39 is 34.4 Å². The molecule has 2 heterocycles. The van der Waals surface area contributed by atoms with Gasteiger partial charge < -0.3 is 10.1 Å². The van der Waals surface area contributed by atoms with Crippen molar-refractivity contribution in [3.63, 3.8) is 0 Å². The van der Waals surface area contributed by atoms with Gasteiger partial charge in [-0.15, -0.1) is 0 Å². The number of nitrogens with one attached hydrogen (secondary N) is 1. The second-order valence-electron chi connectivity index (χ2n) is 7.73. The highest BCUT2D eigenvalue weighted by molar-refractivity contribution is 7.91. The largest absolute Gasteiger partial charge is 0.452 e. The van der Waals surface area contributed by atoms with Crippen molar-refractivity contribution in [2.75, 3.05) is 18.1 Å². The van der Waals surface area contributed by atoms with Crippen molar-refractivity contribution in [3.05, 3.63) is 64.7 Å². The molecule has 0 bridgehead atoms. The third-order valence-electron chi connectivity index (χ3n) is 5.37. The average Bonchev–Trinajstić information content (AvgIpc) is 3.09. The van der Waals surface area contributed by atoms with Crippen molar-refractivity contribution in [2.45, 2.75) is 19.4 Å². The zero-order valence-electron chi connectivity index (χ0n) is 17.3. The zero-order valence-corrected chi connectivity index (χ0v) is 18.9. The maximum atomic E-state index is 13.0. The van der Waals surface area contributed by atoms with Crippen LogP contribution in [0, 0.1) is 6.92 Å². The van der Waals surface area contributed by atoms with Gasteiger partial charge in [-0.25, -0.2) is 18.2 Å². The molecule has 0 unspecified atom stereocenters. The van der Waals surface area contributed by atoms with Gasteiger partial charge in [0.05, 0.1) is 28.3 Å². The second kappa shape index (κ2) is 8.88. The second-order valence-corrected chi connectivity index (χ2v) is 10.4. The van der Waals surface area contributed by atoms with Crippen LogP contribution < -0.4 is 5.32 Å². The molecule has 0 saturated carbocycles. The number of benzene rings is 2. The lowest BCUT2D eigenvalue weighted by atomic mass is 9.98. The van der Waals surface area contributed by atoms with Gasteiger partial charge in [-0.2, -0.15) is 0 Å². The first-order chi connectivity index (χ1) is 15.2. The van der Waals surface area contributed by atoms with Crippen LogP contribution in [0.15, 0.2) is 48.5 Å². The van der Waals surface area contributed by atoms with Crippen LogP contribution in [-0.4, -0.2) is 49.4 Å². The molecule has 0 radical (unpaired) electrons. The fraction of sp³-hybridized carbons (Fsp3) is 0.261. The van der Waals surface area contributed by atoms with Crippen LogP contribution in [0.5, 0.6) is 0 Å². The summed E-state index contributed by atoms with van der Waals surface area (Å²) in [6.07, 6.45) is 0.360. The summed E-state index contributed by atoms with van der Waals surface area (Å²) < 4.78 is 28.4. The molecule has 1 aliphatic rings. The van der Waals surface area contributed by atoms with Crippen LogP contribution >= 0.6 is 11.6 Å². The molecular weight excluding hydrogens is 452 g/mol. The number of aromatic nitrogens is 1. The van der Waals surface area contributed by atoms with E-state index in [9.17, 15) is 18.0 Å². The van der Waals surface area contributed by atoms with Crippen LogP contribution in [0.1, 0.15) is 22.3 Å². The lowest BCUT2D eigenvalue weighted by Gasteiger charge is -2.15. The Hall–Kier alpha value is -2.97. The first-order valence-corrected chi connectivity index (χ1v) is 12.3. The van der Waals surface area contributed by atoms with Gasteiger partial charge in [0.2, 0.25) is 0 Å². The Balaban J connectivity index is 1.59. The number of amides is 1. The quantitative estimate of drug-likeness (QED) is 0.571. The number of carbonyl (C=O) groups excluding carboxylic acids is 2. The highest BCUT2D eigenvalue weighted by Crippen LogP contribution is 2.31. The van der Waals surface area contributed by atoms with E-state index in [2.05, 4.69) is 5.32 Å². The lowest BCUT2D eigenvalue weighted by molar-refractivity contribution is -0.124. The Labute approximate surface area is 190 Å². The van der Waals surface area contributed by atoms with Crippen LogP contribution in [0.2, 0.25) is 5.02 Å². The minimum absolute atomic E-state index is 0.0478. The van der Waals surface area contributed by atoms with Crippen molar-refractivity contribution in [2.24, 2.45) is 0 Å². The normalized spacial score (nSPS) is 17.2. The third kappa shape index (κ3) is 4.76. The summed E-state index contributed by atoms with van der Waals surface area (Å²) >= 11 is 6.14. The van der Waals surface area contributed by atoms with Gasteiger partial charge in [0, 0.05) is 22.0 Å². The Bertz CT molecular complexity index is 1320. The fourth-order valence-corrected chi connectivity index (χ4v) is 5.73. The molecule has 7 nitrogen and oxygen atoms in total. The van der Waals surface area contributed by atoms with Gasteiger partial charge in [0.25, 0.3) is 5.91 Å². The number of nitrogens with zero attached hydrogens (tertiary/aromatic N) is 1. The maximum absolute atomic E-state index is 13.0. The van der Waals surface area contributed by atoms with Crippen molar-refractivity contribution in [1.82, 2.24) is 10.3 Å². The van der Waals surface area contributed by atoms with Gasteiger partial charge >= 0.3 is 5.97 Å². The number of para-hydroxylation sites is 1. The maximum Gasteiger partial charge on any atom is 0.339 e.